The van der Waals surface area contributed by atoms with Crippen molar-refractivity contribution < 1.29 is 14.2 Å². The van der Waals surface area contributed by atoms with E-state index in [1.165, 1.54) is 6.92 Å². The number of hydrogen-bond acceptors (Lipinski definition) is 4. The molecule has 0 heterocycles. The van der Waals surface area contributed by atoms with Crippen LogP contribution in [0.15, 0.2) is 91.0 Å². The molecule has 3 rings (SSSR count). The number of hydrogen-bond donors (Lipinski definition) is 0. The van der Waals surface area contributed by atoms with Crippen molar-refractivity contribution in [1.82, 2.24) is 0 Å². The minimum absolute atomic E-state index is 0.0501. The molecular formula is C25H28NO4P. The summed E-state index contributed by atoms with van der Waals surface area (Å²) < 4.78 is 6.57. The monoisotopic (exact) mass is 437 g/mol. The van der Waals surface area contributed by atoms with Crippen LogP contribution in [0.2, 0.25) is 0 Å². The van der Waals surface area contributed by atoms with Gasteiger partial charge in [0.25, 0.3) is 0 Å². The van der Waals surface area contributed by atoms with Gasteiger partial charge in [-0.25, -0.2) is 0 Å². The average Bonchev–Trinajstić information content (AvgIpc) is 2.79. The van der Waals surface area contributed by atoms with Crippen LogP contribution in [0.25, 0.3) is 0 Å². The fraction of sp³-hybridized carbons (Fsp3) is 0.240. The first kappa shape index (κ1) is 22.6. The SMILES string of the molecule is CC(=O)OP(CCCCC[N+](=O)[O-])(c1ccccc1)(c1ccccc1)c1ccccc1. The van der Waals surface area contributed by atoms with E-state index in [9.17, 15) is 14.9 Å². The van der Waals surface area contributed by atoms with E-state index >= 15 is 0 Å². The van der Waals surface area contributed by atoms with Gasteiger partial charge in [0.1, 0.15) is 0 Å². The van der Waals surface area contributed by atoms with E-state index in [-0.39, 0.29) is 17.4 Å². The molecule has 0 radical (unpaired) electrons. The third-order valence-electron chi connectivity index (χ3n) is 5.66. The molecule has 162 valence electrons. The average molecular weight is 437 g/mol. The normalized spacial score (nSPS) is 12.5. The molecule has 3 aromatic carbocycles. The molecule has 0 amide bonds. The van der Waals surface area contributed by atoms with Gasteiger partial charge in [0.2, 0.25) is 0 Å². The summed E-state index contributed by atoms with van der Waals surface area (Å²) in [5.41, 5.74) is 0. The quantitative estimate of drug-likeness (QED) is 0.204. The minimum atomic E-state index is -3.65. The molecule has 0 N–H and O–H groups in total. The molecule has 0 unspecified atom stereocenters. The van der Waals surface area contributed by atoms with Crippen LogP contribution in [0.4, 0.5) is 0 Å². The van der Waals surface area contributed by atoms with E-state index < -0.39 is 6.83 Å². The zero-order chi connectivity index (χ0) is 22.2. The molecule has 0 aliphatic carbocycles. The summed E-state index contributed by atoms with van der Waals surface area (Å²) >= 11 is 0. The number of carbonyl (C=O) groups is 1. The van der Waals surface area contributed by atoms with Crippen LogP contribution in [0.1, 0.15) is 26.2 Å². The molecule has 0 aliphatic heterocycles. The molecule has 0 atom stereocenters. The molecule has 31 heavy (non-hydrogen) atoms. The molecule has 0 spiro atoms. The Morgan fingerprint density at radius 1 is 0.774 bits per heavy atom. The Balaban J connectivity index is 2.27. The first-order valence-corrected chi connectivity index (χ1v) is 12.8. The fourth-order valence-corrected chi connectivity index (χ4v) is 10.3. The zero-order valence-corrected chi connectivity index (χ0v) is 18.6. The fourth-order valence-electron chi connectivity index (χ4n) is 4.38. The summed E-state index contributed by atoms with van der Waals surface area (Å²) in [6.45, 7) is -2.24. The Morgan fingerprint density at radius 2 is 1.19 bits per heavy atom. The molecule has 0 saturated carbocycles. The Bertz CT molecular complexity index is 910. The summed E-state index contributed by atoms with van der Waals surface area (Å²) in [5, 5.41) is 13.7. The molecule has 0 aliphatic rings. The Morgan fingerprint density at radius 3 is 1.55 bits per heavy atom. The van der Waals surface area contributed by atoms with E-state index in [0.29, 0.717) is 25.4 Å². The number of nitro groups is 1. The van der Waals surface area contributed by atoms with Crippen molar-refractivity contribution in [3.8, 4) is 0 Å². The van der Waals surface area contributed by atoms with Gasteiger partial charge in [-0.2, -0.15) is 0 Å². The van der Waals surface area contributed by atoms with Crippen molar-refractivity contribution in [3.63, 3.8) is 0 Å². The topological polar surface area (TPSA) is 69.4 Å². The van der Waals surface area contributed by atoms with Gasteiger partial charge in [0, 0.05) is 0 Å². The van der Waals surface area contributed by atoms with Crippen LogP contribution in [-0.4, -0.2) is 23.6 Å². The van der Waals surface area contributed by atoms with Crippen molar-refractivity contribution in [3.05, 3.63) is 101 Å². The van der Waals surface area contributed by atoms with Gasteiger partial charge in [-0.05, 0) is 0 Å². The molecule has 0 fully saturated rings. The van der Waals surface area contributed by atoms with Gasteiger partial charge in [0.05, 0.1) is 0 Å². The number of nitrogens with zero attached hydrogens (tertiary/aromatic N) is 1. The molecule has 0 aromatic heterocycles. The number of rotatable bonds is 10. The second kappa shape index (κ2) is 9.84. The summed E-state index contributed by atoms with van der Waals surface area (Å²) in [7, 11) is 0. The van der Waals surface area contributed by atoms with E-state index in [1.54, 1.807) is 0 Å². The van der Waals surface area contributed by atoms with Gasteiger partial charge in [-0.3, -0.25) is 0 Å². The van der Waals surface area contributed by atoms with Crippen LogP contribution in [-0.2, 0) is 9.32 Å². The Labute approximate surface area is 183 Å². The molecule has 5 nitrogen and oxygen atoms in total. The number of unbranched alkanes of at least 4 members (excludes halogenated alkanes) is 2. The van der Waals surface area contributed by atoms with Gasteiger partial charge >= 0.3 is 183 Å². The first-order valence-electron chi connectivity index (χ1n) is 10.5. The molecule has 0 bridgehead atoms. The predicted octanol–water partition coefficient (Wildman–Crippen LogP) is 4.44. The van der Waals surface area contributed by atoms with Crippen molar-refractivity contribution in [2.75, 3.05) is 12.7 Å². The van der Waals surface area contributed by atoms with Crippen LogP contribution in [0, 0.1) is 10.1 Å². The first-order chi connectivity index (χ1) is 15.0. The Hall–Kier alpha value is -3.04. The van der Waals surface area contributed by atoms with Crippen LogP contribution in [0.3, 0.4) is 0 Å². The molecular weight excluding hydrogens is 409 g/mol. The van der Waals surface area contributed by atoms with Crippen LogP contribution >= 0.6 is 6.83 Å². The summed E-state index contributed by atoms with van der Waals surface area (Å²) in [6, 6.07) is 29.9. The van der Waals surface area contributed by atoms with E-state index in [0.717, 1.165) is 15.9 Å². The second-order valence-corrected chi connectivity index (χ2v) is 12.2. The summed E-state index contributed by atoms with van der Waals surface area (Å²) in [6.07, 6.45) is 2.49. The van der Waals surface area contributed by atoms with E-state index in [2.05, 4.69) is 0 Å². The number of benzene rings is 3. The summed E-state index contributed by atoms with van der Waals surface area (Å²) in [4.78, 5) is 23.2. The van der Waals surface area contributed by atoms with Crippen molar-refractivity contribution >= 4 is 28.7 Å². The molecule has 3 aromatic rings. The van der Waals surface area contributed by atoms with Crippen LogP contribution < -0.4 is 15.9 Å². The maximum atomic E-state index is 12.7. The third kappa shape index (κ3) is 4.52. The van der Waals surface area contributed by atoms with E-state index in [1.807, 2.05) is 91.0 Å². The second-order valence-electron chi connectivity index (χ2n) is 7.64. The standard InChI is InChI=1S/C25H28NO4P/c1-22(27)30-31(23-14-6-2-7-15-23,24-16-8-3-9-17-24,25-18-10-4-11-19-25)21-13-5-12-20-26(28)29/h2-4,6-11,14-19H,5,12-13,20-21H2,1H3. The molecule has 0 saturated heterocycles. The molecule has 6 heteroatoms. The van der Waals surface area contributed by atoms with Crippen LogP contribution in [0.5, 0.6) is 0 Å². The number of carbonyl (C=O) groups excluding carboxylic acids is 1. The van der Waals surface area contributed by atoms with Crippen molar-refractivity contribution in [2.45, 2.75) is 26.2 Å². The zero-order valence-electron chi connectivity index (χ0n) is 17.7. The third-order valence-corrected chi connectivity index (χ3v) is 11.7. The van der Waals surface area contributed by atoms with Gasteiger partial charge in [-0.1, -0.05) is 0 Å². The maximum absolute atomic E-state index is 12.7. The van der Waals surface area contributed by atoms with Gasteiger partial charge < -0.3 is 0 Å². The predicted molar refractivity (Wildman–Crippen MR) is 127 cm³/mol. The van der Waals surface area contributed by atoms with E-state index in [4.69, 9.17) is 4.52 Å². The van der Waals surface area contributed by atoms with Crippen molar-refractivity contribution in [1.29, 1.82) is 0 Å². The summed E-state index contributed by atoms with van der Waals surface area (Å²) in [5.74, 6) is -0.334. The van der Waals surface area contributed by atoms with Gasteiger partial charge in [0.15, 0.2) is 0 Å². The van der Waals surface area contributed by atoms with Gasteiger partial charge in [-0.15, -0.1) is 0 Å². The van der Waals surface area contributed by atoms with Crippen molar-refractivity contribution in [2.24, 2.45) is 0 Å². The Kier molecular flexibility index (Phi) is 7.19.